The van der Waals surface area contributed by atoms with Crippen LogP contribution in [0.1, 0.15) is 41.5 Å². The number of nitrogens with zero attached hydrogens (tertiary/aromatic N) is 4. The highest BCUT2D eigenvalue weighted by molar-refractivity contribution is 7.33. The van der Waals surface area contributed by atoms with Crippen molar-refractivity contribution in [1.29, 1.82) is 0 Å². The minimum atomic E-state index is -2.31. The maximum Gasteiger partial charge on any atom is 0.738 e. The Bertz CT molecular complexity index is 324. The highest BCUT2D eigenvalue weighted by Gasteiger charge is 2.33. The van der Waals surface area contributed by atoms with E-state index in [0.717, 1.165) is 52.4 Å². The van der Waals surface area contributed by atoms with Crippen molar-refractivity contribution in [3.05, 3.63) is 0 Å². The fourth-order valence-electron chi connectivity index (χ4n) is 2.41. The molecule has 0 aromatic carbocycles. The lowest BCUT2D eigenvalue weighted by atomic mass is 10.5. The Hall–Kier alpha value is -0.220. The highest BCUT2D eigenvalue weighted by Crippen LogP contribution is 2.28. The summed E-state index contributed by atoms with van der Waals surface area (Å²) in [6.45, 7) is 20.0. The van der Waals surface area contributed by atoms with Gasteiger partial charge in [0.1, 0.15) is 0 Å². The van der Waals surface area contributed by atoms with E-state index in [0.29, 0.717) is 13.1 Å². The Morgan fingerprint density at radius 3 is 1.35 bits per heavy atom. The first kappa shape index (κ1) is 25.8. The first-order chi connectivity index (χ1) is 12.6. The predicted molar refractivity (Wildman–Crippen MR) is 106 cm³/mol. The molecule has 10 heteroatoms. The second-order valence-corrected chi connectivity index (χ2v) is 6.30. The number of rotatable bonds is 18. The maximum absolute atomic E-state index is 12.4. The third kappa shape index (κ3) is 10.8. The van der Waals surface area contributed by atoms with Crippen LogP contribution < -0.4 is 10.6 Å². The molecule has 0 unspecified atom stereocenters. The molecule has 0 amide bonds. The molecule has 9 nitrogen and oxygen atoms in total. The van der Waals surface area contributed by atoms with Gasteiger partial charge in [0.25, 0.3) is 0 Å². The van der Waals surface area contributed by atoms with Crippen molar-refractivity contribution in [2.75, 3.05) is 65.4 Å². The fourth-order valence-corrected chi connectivity index (χ4v) is 3.19. The van der Waals surface area contributed by atoms with Gasteiger partial charge in [-0.05, 0) is 36.2 Å². The number of hydrogen-bond acceptors (Lipinski definition) is 9. The van der Waals surface area contributed by atoms with Gasteiger partial charge < -0.3 is 10.6 Å². The van der Waals surface area contributed by atoms with E-state index in [4.69, 9.17) is 9.25 Å². The van der Waals surface area contributed by atoms with Crippen molar-refractivity contribution in [2.24, 2.45) is 0 Å². The van der Waals surface area contributed by atoms with E-state index in [-0.39, 0.29) is 0 Å². The van der Waals surface area contributed by atoms with Gasteiger partial charge >= 0.3 is 8.25 Å². The van der Waals surface area contributed by atoms with E-state index in [1.54, 1.807) is 10.3 Å². The molecule has 0 rings (SSSR count). The van der Waals surface area contributed by atoms with Crippen molar-refractivity contribution in [3.8, 4) is 0 Å². The zero-order valence-corrected chi connectivity index (χ0v) is 18.4. The standard InChI is InChI=1S/C16H40N6O3P/c1-7-17-13-15-19(9-3)21(11-5)24-26(23)25-22(12-6)20(10-4)16-14-18-8-2/h17-18H,7-16H2,1-6H3/q+1. The van der Waals surface area contributed by atoms with Crippen molar-refractivity contribution >= 4 is 8.25 Å². The third-order valence-electron chi connectivity index (χ3n) is 3.82. The van der Waals surface area contributed by atoms with Crippen molar-refractivity contribution < 1.29 is 13.8 Å². The normalized spacial score (nSPS) is 12.1. The predicted octanol–water partition coefficient (Wildman–Crippen LogP) is 1.84. The Labute approximate surface area is 160 Å². The van der Waals surface area contributed by atoms with Gasteiger partial charge in [-0.15, -0.1) is 0 Å². The van der Waals surface area contributed by atoms with E-state index in [1.165, 1.54) is 0 Å². The van der Waals surface area contributed by atoms with Crippen LogP contribution in [-0.4, -0.2) is 85.8 Å². The van der Waals surface area contributed by atoms with E-state index in [9.17, 15) is 4.57 Å². The molecular weight excluding hydrogens is 355 g/mol. The first-order valence-electron chi connectivity index (χ1n) is 9.87. The quantitative estimate of drug-likeness (QED) is 0.205. The monoisotopic (exact) mass is 395 g/mol. The lowest BCUT2D eigenvalue weighted by Gasteiger charge is -2.29. The van der Waals surface area contributed by atoms with Gasteiger partial charge in [-0.25, -0.2) is 10.0 Å². The SMILES string of the molecule is CCNCCN(CC)N(CC)O[P+](=O)ON(CC)N(CC)CCNCC. The number of nitrogens with one attached hydrogen (secondary N) is 2. The minimum Gasteiger partial charge on any atom is -0.316 e. The summed E-state index contributed by atoms with van der Waals surface area (Å²) < 4.78 is 23.6. The molecule has 0 aliphatic heterocycles. The Morgan fingerprint density at radius 1 is 0.692 bits per heavy atom. The highest BCUT2D eigenvalue weighted by atomic mass is 31.1. The molecule has 26 heavy (non-hydrogen) atoms. The summed E-state index contributed by atoms with van der Waals surface area (Å²) in [4.78, 5) is 0. The number of hydroxylamine groups is 2. The Balaban J connectivity index is 4.61. The van der Waals surface area contributed by atoms with Crippen LogP contribution in [0.4, 0.5) is 0 Å². The second-order valence-electron chi connectivity index (χ2n) is 5.52. The van der Waals surface area contributed by atoms with E-state index in [2.05, 4.69) is 24.5 Å². The molecule has 0 radical (unpaired) electrons. The summed E-state index contributed by atoms with van der Waals surface area (Å²) in [5.74, 6) is 0. The van der Waals surface area contributed by atoms with Crippen LogP contribution in [0.5, 0.6) is 0 Å². The molecule has 156 valence electrons. The molecule has 2 N–H and O–H groups in total. The lowest BCUT2D eigenvalue weighted by Crippen LogP contribution is -2.46. The average Bonchev–Trinajstić information content (AvgIpc) is 2.65. The number of hydrogen-bond donors (Lipinski definition) is 2. The molecule has 0 aromatic rings. The van der Waals surface area contributed by atoms with Gasteiger partial charge in [0.15, 0.2) is 0 Å². The van der Waals surface area contributed by atoms with Crippen molar-refractivity contribution in [1.82, 2.24) is 31.0 Å². The zero-order valence-electron chi connectivity index (χ0n) is 17.5. The summed E-state index contributed by atoms with van der Waals surface area (Å²) in [7, 11) is -2.31. The largest absolute Gasteiger partial charge is 0.738 e. The van der Waals surface area contributed by atoms with Crippen molar-refractivity contribution in [2.45, 2.75) is 41.5 Å². The summed E-state index contributed by atoms with van der Waals surface area (Å²) in [6, 6.07) is 0. The Morgan fingerprint density at radius 2 is 1.08 bits per heavy atom. The summed E-state index contributed by atoms with van der Waals surface area (Å²) >= 11 is 0. The first-order valence-corrected chi connectivity index (χ1v) is 11.0. The molecule has 0 heterocycles. The smallest absolute Gasteiger partial charge is 0.316 e. The molecule has 0 saturated heterocycles. The van der Waals surface area contributed by atoms with Gasteiger partial charge in [-0.1, -0.05) is 38.0 Å². The van der Waals surface area contributed by atoms with Gasteiger partial charge in [-0.3, -0.25) is 0 Å². The summed E-state index contributed by atoms with van der Waals surface area (Å²) in [5, 5.41) is 13.8. The molecule has 0 aromatic heterocycles. The second kappa shape index (κ2) is 16.9. The van der Waals surface area contributed by atoms with Gasteiger partial charge in [-0.2, -0.15) is 0 Å². The fraction of sp³-hybridized carbons (Fsp3) is 1.00. The third-order valence-corrected chi connectivity index (χ3v) is 4.46. The van der Waals surface area contributed by atoms with Gasteiger partial charge in [0.05, 0.1) is 0 Å². The lowest BCUT2D eigenvalue weighted by molar-refractivity contribution is -0.253. The number of likely N-dealkylation sites (N-methyl/N-ethyl adjacent to an activating group) is 4. The molecule has 0 atom stereocenters. The van der Waals surface area contributed by atoms with E-state index in [1.807, 2.05) is 37.7 Å². The van der Waals surface area contributed by atoms with Crippen LogP contribution >= 0.6 is 8.25 Å². The molecule has 0 bridgehead atoms. The average molecular weight is 396 g/mol. The van der Waals surface area contributed by atoms with Crippen LogP contribution in [0.25, 0.3) is 0 Å². The van der Waals surface area contributed by atoms with Crippen LogP contribution in [0, 0.1) is 0 Å². The van der Waals surface area contributed by atoms with Gasteiger partial charge in [0, 0.05) is 56.9 Å². The maximum atomic E-state index is 12.4. The van der Waals surface area contributed by atoms with Crippen molar-refractivity contribution in [3.63, 3.8) is 0 Å². The molecule has 0 aliphatic carbocycles. The van der Waals surface area contributed by atoms with Crippen LogP contribution in [0.2, 0.25) is 0 Å². The van der Waals surface area contributed by atoms with Crippen LogP contribution in [-0.2, 0) is 13.8 Å². The zero-order chi connectivity index (χ0) is 19.8. The van der Waals surface area contributed by atoms with E-state index < -0.39 is 8.25 Å². The van der Waals surface area contributed by atoms with E-state index >= 15 is 0 Å². The summed E-state index contributed by atoms with van der Waals surface area (Å²) in [5.41, 5.74) is 0. The number of hydrazine groups is 2. The molecular formula is C16H40N6O3P+. The van der Waals surface area contributed by atoms with Gasteiger partial charge in [0.2, 0.25) is 0 Å². The topological polar surface area (TPSA) is 72.6 Å². The molecule has 0 fully saturated rings. The molecule has 0 aliphatic rings. The molecule has 0 spiro atoms. The minimum absolute atomic E-state index is 0.592. The summed E-state index contributed by atoms with van der Waals surface area (Å²) in [6.07, 6.45) is 0. The Kier molecular flexibility index (Phi) is 16.8. The van der Waals surface area contributed by atoms with Crippen LogP contribution in [0.3, 0.4) is 0 Å². The van der Waals surface area contributed by atoms with Crippen LogP contribution in [0.15, 0.2) is 0 Å². The molecule has 0 saturated carbocycles.